The summed E-state index contributed by atoms with van der Waals surface area (Å²) >= 11 is 0. The first kappa shape index (κ1) is 24.6. The molecule has 190 valence electrons. The minimum Gasteiger partial charge on any atom is -0.378 e. The molecule has 1 fully saturated rings. The van der Waals surface area contributed by atoms with E-state index in [4.69, 9.17) is 15.1 Å². The van der Waals surface area contributed by atoms with E-state index < -0.39 is 6.04 Å². The Morgan fingerprint density at radius 2 is 2.03 bits per heavy atom. The van der Waals surface area contributed by atoms with E-state index >= 15 is 0 Å². The third-order valence-electron chi connectivity index (χ3n) is 6.64. The molecule has 1 aromatic carbocycles. The van der Waals surface area contributed by atoms with Crippen LogP contribution in [0.4, 0.5) is 17.2 Å². The highest BCUT2D eigenvalue weighted by atomic mass is 16.5. The van der Waals surface area contributed by atoms with Crippen LogP contribution in [0.2, 0.25) is 0 Å². The molecule has 0 amide bonds. The maximum atomic E-state index is 11.9. The maximum absolute atomic E-state index is 11.9. The van der Waals surface area contributed by atoms with E-state index in [-0.39, 0.29) is 0 Å². The zero-order valence-corrected chi connectivity index (χ0v) is 21.0. The van der Waals surface area contributed by atoms with Gasteiger partial charge in [0, 0.05) is 60.1 Å². The molecular weight excluding hydrogens is 464 g/mol. The number of aldehydes is 1. The molecule has 8 nitrogen and oxygen atoms in total. The SMILES string of the molecule is CCCC(=N)Cc1cncc(-c2cc3c(c(Nc4ccc(N5CCOCC5)cc4)n2)C(C=O)NC=C3)c1. The first-order valence-corrected chi connectivity index (χ1v) is 12.8. The van der Waals surface area contributed by atoms with Crippen LogP contribution in [0.3, 0.4) is 0 Å². The summed E-state index contributed by atoms with van der Waals surface area (Å²) in [6.07, 6.45) is 10.6. The predicted octanol–water partition coefficient (Wildman–Crippen LogP) is 4.90. The van der Waals surface area contributed by atoms with Gasteiger partial charge in [-0.3, -0.25) is 4.98 Å². The third-order valence-corrected chi connectivity index (χ3v) is 6.64. The van der Waals surface area contributed by atoms with E-state index in [1.165, 1.54) is 0 Å². The average molecular weight is 497 g/mol. The van der Waals surface area contributed by atoms with E-state index in [1.54, 1.807) is 12.4 Å². The number of rotatable bonds is 9. The predicted molar refractivity (Wildman–Crippen MR) is 148 cm³/mol. The Bertz CT molecular complexity index is 1300. The van der Waals surface area contributed by atoms with Gasteiger partial charge < -0.3 is 30.5 Å². The number of ether oxygens (including phenoxy) is 1. The second-order valence-electron chi connectivity index (χ2n) is 9.36. The second kappa shape index (κ2) is 11.3. The van der Waals surface area contributed by atoms with Crippen LogP contribution in [0.25, 0.3) is 17.3 Å². The number of anilines is 3. The topological polar surface area (TPSA) is 103 Å². The van der Waals surface area contributed by atoms with Crippen molar-refractivity contribution in [2.75, 3.05) is 36.5 Å². The highest BCUT2D eigenvalue weighted by Gasteiger charge is 2.23. The van der Waals surface area contributed by atoms with Crippen LogP contribution >= 0.6 is 0 Å². The summed E-state index contributed by atoms with van der Waals surface area (Å²) in [5.74, 6) is 0.629. The Labute approximate surface area is 217 Å². The highest BCUT2D eigenvalue weighted by molar-refractivity contribution is 5.84. The van der Waals surface area contributed by atoms with Crippen LogP contribution < -0.4 is 15.5 Å². The molecule has 2 aliphatic heterocycles. The van der Waals surface area contributed by atoms with E-state index in [1.807, 2.05) is 30.5 Å². The molecule has 37 heavy (non-hydrogen) atoms. The number of carbonyl (C=O) groups excluding carboxylic acids is 1. The van der Waals surface area contributed by atoms with Crippen molar-refractivity contribution >= 4 is 35.3 Å². The fourth-order valence-electron chi connectivity index (χ4n) is 4.79. The molecule has 1 atom stereocenters. The number of hydrogen-bond acceptors (Lipinski definition) is 8. The highest BCUT2D eigenvalue weighted by Crippen LogP contribution is 2.34. The third kappa shape index (κ3) is 5.70. The molecule has 8 heteroatoms. The summed E-state index contributed by atoms with van der Waals surface area (Å²) in [4.78, 5) is 23.6. The number of fused-ring (bicyclic) bond motifs is 1. The van der Waals surface area contributed by atoms with Gasteiger partial charge in [0.25, 0.3) is 0 Å². The lowest BCUT2D eigenvalue weighted by Crippen LogP contribution is -2.36. The van der Waals surface area contributed by atoms with Crippen molar-refractivity contribution in [3.8, 4) is 11.3 Å². The van der Waals surface area contributed by atoms with Crippen LogP contribution in [0.1, 0.15) is 42.5 Å². The van der Waals surface area contributed by atoms with Gasteiger partial charge in [-0.25, -0.2) is 4.98 Å². The lowest BCUT2D eigenvalue weighted by Gasteiger charge is -2.29. The van der Waals surface area contributed by atoms with Crippen LogP contribution in [0.5, 0.6) is 0 Å². The quantitative estimate of drug-likeness (QED) is 0.286. The molecule has 0 saturated carbocycles. The van der Waals surface area contributed by atoms with Crippen molar-refractivity contribution in [3.63, 3.8) is 0 Å². The summed E-state index contributed by atoms with van der Waals surface area (Å²) in [5.41, 5.74) is 7.12. The number of pyridine rings is 2. The van der Waals surface area contributed by atoms with Crippen LogP contribution in [-0.2, 0) is 16.0 Å². The van der Waals surface area contributed by atoms with Gasteiger partial charge in [-0.1, -0.05) is 13.3 Å². The van der Waals surface area contributed by atoms with Crippen molar-refractivity contribution in [2.24, 2.45) is 0 Å². The van der Waals surface area contributed by atoms with Gasteiger partial charge in [-0.2, -0.15) is 0 Å². The molecule has 1 saturated heterocycles. The van der Waals surface area contributed by atoms with Gasteiger partial charge in [0.1, 0.15) is 18.1 Å². The minimum atomic E-state index is -0.490. The smallest absolute Gasteiger partial charge is 0.146 e. The minimum absolute atomic E-state index is 0.490. The van der Waals surface area contributed by atoms with E-state index in [9.17, 15) is 4.79 Å². The molecule has 2 aromatic heterocycles. The summed E-state index contributed by atoms with van der Waals surface area (Å²) in [5, 5.41) is 14.8. The fraction of sp³-hybridized carbons (Fsp3) is 0.310. The lowest BCUT2D eigenvalue weighted by molar-refractivity contribution is -0.109. The molecule has 3 aromatic rings. The van der Waals surface area contributed by atoms with E-state index in [0.717, 1.165) is 84.8 Å². The van der Waals surface area contributed by atoms with Crippen molar-refractivity contribution in [3.05, 3.63) is 71.7 Å². The van der Waals surface area contributed by atoms with Crippen molar-refractivity contribution in [2.45, 2.75) is 32.2 Å². The Kier molecular flexibility index (Phi) is 7.56. The van der Waals surface area contributed by atoms with Gasteiger partial charge in [0.15, 0.2) is 0 Å². The summed E-state index contributed by atoms with van der Waals surface area (Å²) in [7, 11) is 0. The molecule has 0 radical (unpaired) electrons. The maximum Gasteiger partial charge on any atom is 0.146 e. The Hall–Kier alpha value is -4.04. The van der Waals surface area contributed by atoms with Crippen molar-refractivity contribution < 1.29 is 9.53 Å². The zero-order chi connectivity index (χ0) is 25.6. The number of nitrogens with zero attached hydrogens (tertiary/aromatic N) is 3. The number of morpholine rings is 1. The van der Waals surface area contributed by atoms with Crippen LogP contribution in [0.15, 0.2) is 55.0 Å². The fourth-order valence-corrected chi connectivity index (χ4v) is 4.79. The molecule has 5 rings (SSSR count). The van der Waals surface area contributed by atoms with Crippen molar-refractivity contribution in [1.29, 1.82) is 5.41 Å². The van der Waals surface area contributed by atoms with E-state index in [0.29, 0.717) is 18.0 Å². The van der Waals surface area contributed by atoms with Gasteiger partial charge in [0.2, 0.25) is 0 Å². The second-order valence-corrected chi connectivity index (χ2v) is 9.36. The summed E-state index contributed by atoms with van der Waals surface area (Å²) < 4.78 is 5.46. The largest absolute Gasteiger partial charge is 0.378 e. The zero-order valence-electron chi connectivity index (χ0n) is 21.0. The standard InChI is InChI=1S/C29H32N6O2/c1-2-3-23(30)15-20-14-22(18-31-17-20)26-16-21-8-9-32-27(19-36)28(21)29(34-26)33-24-4-6-25(7-5-24)35-10-12-37-13-11-35/h4-9,14,16-19,27,30,32H,2-3,10-13,15H2,1H3,(H,33,34). The normalized spacial score (nSPS) is 16.6. The van der Waals surface area contributed by atoms with Gasteiger partial charge in [0.05, 0.1) is 18.9 Å². The number of nitrogens with one attached hydrogen (secondary N) is 3. The summed E-state index contributed by atoms with van der Waals surface area (Å²) in [6.45, 7) is 5.33. The molecule has 0 spiro atoms. The van der Waals surface area contributed by atoms with Gasteiger partial charge in [-0.05, 0) is 66.2 Å². The number of carbonyl (C=O) groups is 1. The summed E-state index contributed by atoms with van der Waals surface area (Å²) in [6, 6.07) is 11.8. The van der Waals surface area contributed by atoms with Crippen LogP contribution in [0, 0.1) is 5.41 Å². The van der Waals surface area contributed by atoms with Crippen molar-refractivity contribution in [1.82, 2.24) is 15.3 Å². The molecule has 1 unspecified atom stereocenters. The van der Waals surface area contributed by atoms with Crippen LogP contribution in [-0.4, -0.2) is 48.3 Å². The molecule has 3 N–H and O–H groups in total. The Balaban J connectivity index is 1.47. The molecular formula is C29H32N6O2. The van der Waals surface area contributed by atoms with E-state index in [2.05, 4.69) is 45.6 Å². The van der Waals surface area contributed by atoms with Gasteiger partial charge in [-0.15, -0.1) is 0 Å². The average Bonchev–Trinajstić information content (AvgIpc) is 2.93. The Morgan fingerprint density at radius 3 is 2.78 bits per heavy atom. The molecule has 0 bridgehead atoms. The molecule has 0 aliphatic carbocycles. The monoisotopic (exact) mass is 496 g/mol. The van der Waals surface area contributed by atoms with Gasteiger partial charge >= 0.3 is 0 Å². The molecule has 4 heterocycles. The molecule has 2 aliphatic rings. The lowest BCUT2D eigenvalue weighted by atomic mass is 9.96. The first-order valence-electron chi connectivity index (χ1n) is 12.8. The number of aromatic nitrogens is 2. The Morgan fingerprint density at radius 1 is 1.22 bits per heavy atom. The number of hydrogen-bond donors (Lipinski definition) is 3. The number of benzene rings is 1. The first-order chi connectivity index (χ1) is 18.1.